The van der Waals surface area contributed by atoms with E-state index in [1.165, 1.54) is 37.0 Å². The molecule has 5 heteroatoms. The number of amides is 3. The molecule has 5 nitrogen and oxygen atoms in total. The van der Waals surface area contributed by atoms with Crippen LogP contribution in [0.2, 0.25) is 0 Å². The molecule has 4 aliphatic carbocycles. The molecular formula is C24H34N2O3. The van der Waals surface area contributed by atoms with Crippen molar-refractivity contribution < 1.29 is 14.4 Å². The largest absolute Gasteiger partial charge is 0.342 e. The van der Waals surface area contributed by atoms with Crippen molar-refractivity contribution in [3.8, 4) is 0 Å². The molecule has 0 radical (unpaired) electrons. The minimum Gasteiger partial charge on any atom is -0.342 e. The highest BCUT2D eigenvalue weighted by Gasteiger charge is 2.56. The van der Waals surface area contributed by atoms with Gasteiger partial charge in [0.2, 0.25) is 17.7 Å². The second kappa shape index (κ2) is 7.88. The van der Waals surface area contributed by atoms with E-state index in [1.54, 1.807) is 0 Å². The Morgan fingerprint density at radius 3 is 2.17 bits per heavy atom. The maximum atomic E-state index is 12.8. The van der Waals surface area contributed by atoms with Gasteiger partial charge in [-0.2, -0.15) is 0 Å². The third-order valence-electron chi connectivity index (χ3n) is 8.52. The molecule has 2 saturated carbocycles. The summed E-state index contributed by atoms with van der Waals surface area (Å²) in [5.74, 6) is 2.22. The summed E-state index contributed by atoms with van der Waals surface area (Å²) < 4.78 is 0. The van der Waals surface area contributed by atoms with Crippen molar-refractivity contribution in [3.05, 3.63) is 12.2 Å². The zero-order chi connectivity index (χ0) is 20.0. The second-order valence-corrected chi connectivity index (χ2v) is 10.1. The number of unbranched alkanes of at least 4 members (excludes halogenated alkanes) is 1. The third-order valence-corrected chi connectivity index (χ3v) is 8.52. The van der Waals surface area contributed by atoms with Crippen molar-refractivity contribution in [1.29, 1.82) is 0 Å². The summed E-state index contributed by atoms with van der Waals surface area (Å²) in [5, 5.41) is 0. The Morgan fingerprint density at radius 1 is 0.862 bits per heavy atom. The van der Waals surface area contributed by atoms with E-state index < -0.39 is 0 Å². The molecule has 29 heavy (non-hydrogen) atoms. The van der Waals surface area contributed by atoms with Crippen molar-refractivity contribution in [3.63, 3.8) is 0 Å². The smallest absolute Gasteiger partial charge is 0.233 e. The average molecular weight is 399 g/mol. The first-order valence-electron chi connectivity index (χ1n) is 11.9. The van der Waals surface area contributed by atoms with Gasteiger partial charge in [0.05, 0.1) is 11.8 Å². The van der Waals surface area contributed by atoms with E-state index in [0.717, 1.165) is 44.7 Å². The lowest BCUT2D eigenvalue weighted by Gasteiger charge is -2.41. The van der Waals surface area contributed by atoms with Gasteiger partial charge in [-0.05, 0) is 62.2 Å². The van der Waals surface area contributed by atoms with E-state index >= 15 is 0 Å². The number of imide groups is 1. The zero-order valence-electron chi connectivity index (χ0n) is 17.4. The molecule has 4 fully saturated rings. The van der Waals surface area contributed by atoms with Gasteiger partial charge < -0.3 is 4.90 Å². The Bertz CT molecular complexity index is 685. The highest BCUT2D eigenvalue weighted by atomic mass is 16.2. The third kappa shape index (κ3) is 3.44. The maximum absolute atomic E-state index is 12.8. The number of fused-ring (bicyclic) bond motifs is 2. The maximum Gasteiger partial charge on any atom is 0.233 e. The topological polar surface area (TPSA) is 57.7 Å². The first kappa shape index (κ1) is 19.3. The minimum atomic E-state index is -0.107. The number of allylic oxidation sites excluding steroid dienone is 2. The molecule has 2 saturated heterocycles. The molecule has 6 rings (SSSR count). The summed E-state index contributed by atoms with van der Waals surface area (Å²) in [7, 11) is 0. The van der Waals surface area contributed by atoms with Gasteiger partial charge in [0.1, 0.15) is 0 Å². The van der Waals surface area contributed by atoms with Crippen LogP contribution in [0.1, 0.15) is 64.2 Å². The van der Waals surface area contributed by atoms with Crippen molar-refractivity contribution in [2.45, 2.75) is 64.2 Å². The van der Waals surface area contributed by atoms with Gasteiger partial charge in [0.25, 0.3) is 0 Å². The van der Waals surface area contributed by atoms with Gasteiger partial charge in [0, 0.05) is 26.1 Å². The SMILES string of the molecule is O=C(CCCCN1C(=O)[C@@H]2C3C=CC(CC3)[C@@H]2C1=O)N1CCC2CCCCC2C1. The average Bonchev–Trinajstić information content (AvgIpc) is 3.04. The lowest BCUT2D eigenvalue weighted by molar-refractivity contribution is -0.140. The molecule has 4 unspecified atom stereocenters. The fourth-order valence-electron chi connectivity index (χ4n) is 6.89. The lowest BCUT2D eigenvalue weighted by atomic mass is 9.63. The first-order valence-corrected chi connectivity index (χ1v) is 11.9. The number of rotatable bonds is 5. The molecule has 6 atom stereocenters. The molecule has 0 aromatic heterocycles. The van der Waals surface area contributed by atoms with E-state index in [4.69, 9.17) is 0 Å². The second-order valence-electron chi connectivity index (χ2n) is 10.1. The Morgan fingerprint density at radius 2 is 1.52 bits per heavy atom. The summed E-state index contributed by atoms with van der Waals surface area (Å²) in [6.45, 7) is 2.36. The molecular weight excluding hydrogens is 364 g/mol. The van der Waals surface area contributed by atoms with E-state index in [1.807, 2.05) is 0 Å². The summed E-state index contributed by atoms with van der Waals surface area (Å²) in [6, 6.07) is 0. The van der Waals surface area contributed by atoms with Crippen LogP contribution < -0.4 is 0 Å². The van der Waals surface area contributed by atoms with Crippen LogP contribution in [0.5, 0.6) is 0 Å². The van der Waals surface area contributed by atoms with Crippen molar-refractivity contribution in [1.82, 2.24) is 9.80 Å². The highest BCUT2D eigenvalue weighted by Crippen LogP contribution is 2.49. The van der Waals surface area contributed by atoms with Gasteiger partial charge in [-0.3, -0.25) is 19.3 Å². The van der Waals surface area contributed by atoms with Gasteiger partial charge in [0.15, 0.2) is 0 Å². The number of carbonyl (C=O) groups excluding carboxylic acids is 3. The minimum absolute atomic E-state index is 0.0461. The highest BCUT2D eigenvalue weighted by molar-refractivity contribution is 6.06. The number of nitrogens with zero attached hydrogens (tertiary/aromatic N) is 2. The predicted molar refractivity (Wildman–Crippen MR) is 110 cm³/mol. The zero-order valence-corrected chi connectivity index (χ0v) is 17.4. The standard InChI is InChI=1S/C24H34N2O3/c27-20(25-14-12-16-5-1-2-6-19(16)15-25)7-3-4-13-26-23(28)21-17-8-9-18(11-10-17)22(21)24(26)29/h8-9,16-19,21-22H,1-7,10-15H2/t16?,17?,18?,19?,21-,22+. The summed E-state index contributed by atoms with van der Waals surface area (Å²) >= 11 is 0. The number of piperidine rings is 1. The van der Waals surface area contributed by atoms with Crippen LogP contribution >= 0.6 is 0 Å². The van der Waals surface area contributed by atoms with Gasteiger partial charge in [-0.15, -0.1) is 0 Å². The van der Waals surface area contributed by atoms with Gasteiger partial charge >= 0.3 is 0 Å². The molecule has 0 aromatic carbocycles. The fourth-order valence-corrected chi connectivity index (χ4v) is 6.89. The van der Waals surface area contributed by atoms with Crippen LogP contribution in [0.15, 0.2) is 12.2 Å². The quantitative estimate of drug-likeness (QED) is 0.405. The van der Waals surface area contributed by atoms with Crippen LogP contribution in [0.4, 0.5) is 0 Å². The van der Waals surface area contributed by atoms with E-state index in [9.17, 15) is 14.4 Å². The fraction of sp³-hybridized carbons (Fsp3) is 0.792. The molecule has 2 heterocycles. The van der Waals surface area contributed by atoms with Crippen molar-refractivity contribution >= 4 is 17.7 Å². The molecule has 6 aliphatic rings. The van der Waals surface area contributed by atoms with Gasteiger partial charge in [-0.25, -0.2) is 0 Å². The normalized spacial score (nSPS) is 38.3. The monoisotopic (exact) mass is 398 g/mol. The molecule has 2 bridgehead atoms. The Hall–Kier alpha value is -1.65. The van der Waals surface area contributed by atoms with E-state index in [2.05, 4.69) is 17.1 Å². The molecule has 2 aliphatic heterocycles. The number of hydrogen-bond donors (Lipinski definition) is 0. The van der Waals surface area contributed by atoms with Crippen LogP contribution in [-0.2, 0) is 14.4 Å². The van der Waals surface area contributed by atoms with E-state index in [-0.39, 0.29) is 41.4 Å². The van der Waals surface area contributed by atoms with Crippen LogP contribution in [-0.4, -0.2) is 47.2 Å². The number of carbonyl (C=O) groups is 3. The summed E-state index contributed by atoms with van der Waals surface area (Å²) in [6.07, 6.45) is 15.0. The van der Waals surface area contributed by atoms with Crippen LogP contribution in [0, 0.1) is 35.5 Å². The van der Waals surface area contributed by atoms with Crippen LogP contribution in [0.25, 0.3) is 0 Å². The molecule has 0 N–H and O–H groups in total. The number of likely N-dealkylation sites (tertiary alicyclic amines) is 2. The molecule has 0 aromatic rings. The summed E-state index contributed by atoms with van der Waals surface area (Å²) in [4.78, 5) is 42.0. The molecule has 0 spiro atoms. The van der Waals surface area contributed by atoms with E-state index in [0.29, 0.717) is 18.9 Å². The lowest BCUT2D eigenvalue weighted by Crippen LogP contribution is -2.44. The molecule has 3 amide bonds. The predicted octanol–water partition coefficient (Wildman–Crippen LogP) is 3.39. The van der Waals surface area contributed by atoms with Gasteiger partial charge in [-0.1, -0.05) is 31.4 Å². The Labute approximate surface area is 173 Å². The van der Waals surface area contributed by atoms with Crippen molar-refractivity contribution in [2.24, 2.45) is 35.5 Å². The van der Waals surface area contributed by atoms with Crippen molar-refractivity contribution in [2.75, 3.05) is 19.6 Å². The Kier molecular flexibility index (Phi) is 5.25. The summed E-state index contributed by atoms with van der Waals surface area (Å²) in [5.41, 5.74) is 0. The molecule has 158 valence electrons. The number of hydrogen-bond acceptors (Lipinski definition) is 3. The first-order chi connectivity index (χ1) is 14.1. The van der Waals surface area contributed by atoms with Crippen LogP contribution in [0.3, 0.4) is 0 Å². The Balaban J connectivity index is 1.09.